The van der Waals surface area contributed by atoms with Gasteiger partial charge in [-0.2, -0.15) is 0 Å². The van der Waals surface area contributed by atoms with Crippen molar-refractivity contribution in [1.29, 1.82) is 0 Å². The van der Waals surface area contributed by atoms with Crippen LogP contribution in [0.2, 0.25) is 10.0 Å². The maximum absolute atomic E-state index is 12.9. The number of anilines is 1. The van der Waals surface area contributed by atoms with Crippen LogP contribution in [-0.4, -0.2) is 12.5 Å². The van der Waals surface area contributed by atoms with Crippen LogP contribution < -0.4 is 14.8 Å². The van der Waals surface area contributed by atoms with Gasteiger partial charge in [0, 0.05) is 11.1 Å². The van der Waals surface area contributed by atoms with Gasteiger partial charge in [0.25, 0.3) is 5.91 Å². The van der Waals surface area contributed by atoms with Crippen molar-refractivity contribution in [3.8, 4) is 11.5 Å². The summed E-state index contributed by atoms with van der Waals surface area (Å²) in [5, 5.41) is 3.49. The highest BCUT2D eigenvalue weighted by Crippen LogP contribution is 2.33. The van der Waals surface area contributed by atoms with E-state index in [2.05, 4.69) is 32.2 Å². The van der Waals surface area contributed by atoms with Gasteiger partial charge in [0.1, 0.15) is 18.1 Å². The molecule has 1 N–H and O–H groups in total. The lowest BCUT2D eigenvalue weighted by molar-refractivity contribution is 0.102. The van der Waals surface area contributed by atoms with Crippen molar-refractivity contribution >= 4 is 34.8 Å². The lowest BCUT2D eigenvalue weighted by Gasteiger charge is -2.23. The summed E-state index contributed by atoms with van der Waals surface area (Å²) in [6.07, 6.45) is 0. The summed E-state index contributed by atoms with van der Waals surface area (Å²) < 4.78 is 11.9. The molecule has 0 aliphatic carbocycles. The van der Waals surface area contributed by atoms with E-state index in [1.54, 1.807) is 36.4 Å². The molecular weight excluding hydrogens is 445 g/mol. The first-order valence-corrected chi connectivity index (χ1v) is 11.2. The topological polar surface area (TPSA) is 47.6 Å². The molecule has 4 nitrogen and oxygen atoms in total. The Morgan fingerprint density at radius 1 is 0.938 bits per heavy atom. The molecule has 6 heteroatoms. The zero-order valence-corrected chi connectivity index (χ0v) is 20.2. The average Bonchev–Trinajstić information content (AvgIpc) is 2.76. The summed E-state index contributed by atoms with van der Waals surface area (Å²) in [4.78, 5) is 12.9. The molecule has 0 heterocycles. The number of benzene rings is 3. The third-order valence-corrected chi connectivity index (χ3v) is 5.72. The predicted octanol–water partition coefficient (Wildman–Crippen LogP) is 7.52. The summed E-state index contributed by atoms with van der Waals surface area (Å²) in [5.74, 6) is 1.19. The van der Waals surface area contributed by atoms with E-state index in [4.69, 9.17) is 32.7 Å². The zero-order valence-electron chi connectivity index (χ0n) is 18.7. The highest BCUT2D eigenvalue weighted by atomic mass is 35.5. The van der Waals surface area contributed by atoms with Crippen LogP contribution in [0.1, 0.15) is 49.2 Å². The highest BCUT2D eigenvalue weighted by molar-refractivity contribution is 6.44. The zero-order chi connectivity index (χ0) is 23.3. The monoisotopic (exact) mass is 471 g/mol. The fraction of sp³-hybridized carbons (Fsp3) is 0.269. The van der Waals surface area contributed by atoms with Gasteiger partial charge in [0.2, 0.25) is 0 Å². The smallest absolute Gasteiger partial charge is 0.255 e. The molecule has 0 fully saturated rings. The molecule has 3 aromatic carbocycles. The molecule has 0 unspecified atom stereocenters. The minimum Gasteiger partial charge on any atom is -0.493 e. The molecule has 0 aromatic heterocycles. The minimum atomic E-state index is -0.298. The van der Waals surface area contributed by atoms with Crippen molar-refractivity contribution in [2.75, 3.05) is 11.9 Å². The Hall–Kier alpha value is -2.69. The molecule has 0 atom stereocenters. The van der Waals surface area contributed by atoms with E-state index in [1.807, 2.05) is 25.1 Å². The maximum Gasteiger partial charge on any atom is 0.255 e. The van der Waals surface area contributed by atoms with Gasteiger partial charge >= 0.3 is 0 Å². The summed E-state index contributed by atoms with van der Waals surface area (Å²) in [6, 6.07) is 18.4. The van der Waals surface area contributed by atoms with Crippen molar-refractivity contribution in [2.45, 2.75) is 39.7 Å². The van der Waals surface area contributed by atoms with Crippen LogP contribution in [0.3, 0.4) is 0 Å². The summed E-state index contributed by atoms with van der Waals surface area (Å²) in [5.41, 5.74) is 2.75. The second-order valence-corrected chi connectivity index (χ2v) is 9.13. The molecule has 168 valence electrons. The fourth-order valence-electron chi connectivity index (χ4n) is 3.29. The first-order chi connectivity index (χ1) is 15.2. The van der Waals surface area contributed by atoms with Crippen LogP contribution in [0, 0.1) is 0 Å². The third-order valence-electron chi connectivity index (χ3n) is 4.90. The highest BCUT2D eigenvalue weighted by Gasteiger charge is 2.19. The van der Waals surface area contributed by atoms with E-state index >= 15 is 0 Å². The Morgan fingerprint density at radius 3 is 2.41 bits per heavy atom. The molecule has 32 heavy (non-hydrogen) atoms. The Labute approximate surface area is 199 Å². The van der Waals surface area contributed by atoms with Gasteiger partial charge in [-0.25, -0.2) is 0 Å². The number of carbonyl (C=O) groups is 1. The van der Waals surface area contributed by atoms with E-state index < -0.39 is 0 Å². The number of amides is 1. The Morgan fingerprint density at radius 2 is 1.69 bits per heavy atom. The van der Waals surface area contributed by atoms with Crippen molar-refractivity contribution in [2.24, 2.45) is 0 Å². The van der Waals surface area contributed by atoms with E-state index in [1.165, 1.54) is 0 Å². The Bertz CT molecular complexity index is 1110. The molecule has 0 saturated carbocycles. The third kappa shape index (κ3) is 5.76. The lowest BCUT2D eigenvalue weighted by Crippen LogP contribution is -2.14. The number of rotatable bonds is 7. The number of hydrogen-bond donors (Lipinski definition) is 1. The largest absolute Gasteiger partial charge is 0.493 e. The van der Waals surface area contributed by atoms with Crippen LogP contribution in [-0.2, 0) is 12.0 Å². The van der Waals surface area contributed by atoms with E-state index in [9.17, 15) is 4.79 Å². The number of carbonyl (C=O) groups excluding carboxylic acids is 1. The number of halogens is 2. The second kappa shape index (κ2) is 10.3. The predicted molar refractivity (Wildman–Crippen MR) is 132 cm³/mol. The molecule has 0 spiro atoms. The SMILES string of the molecule is CCOc1ccc(C(=O)Nc2cccc(Cl)c2Cl)cc1COc1ccccc1C(C)(C)C. The van der Waals surface area contributed by atoms with Gasteiger partial charge in [-0.05, 0) is 54.3 Å². The molecule has 0 aliphatic rings. The van der Waals surface area contributed by atoms with Crippen molar-refractivity contribution < 1.29 is 14.3 Å². The van der Waals surface area contributed by atoms with Crippen molar-refractivity contribution in [1.82, 2.24) is 0 Å². The van der Waals surface area contributed by atoms with Gasteiger partial charge in [-0.1, -0.05) is 68.2 Å². The molecule has 0 radical (unpaired) electrons. The van der Waals surface area contributed by atoms with E-state index in [0.717, 1.165) is 16.9 Å². The van der Waals surface area contributed by atoms with Gasteiger partial charge in [0.15, 0.2) is 0 Å². The van der Waals surface area contributed by atoms with E-state index in [-0.39, 0.29) is 17.9 Å². The molecule has 0 aliphatic heterocycles. The van der Waals surface area contributed by atoms with Gasteiger partial charge in [0.05, 0.1) is 22.3 Å². The maximum atomic E-state index is 12.9. The molecular formula is C26H27Cl2NO3. The van der Waals surface area contributed by atoms with Gasteiger partial charge in [-0.3, -0.25) is 4.79 Å². The minimum absolute atomic E-state index is 0.0582. The van der Waals surface area contributed by atoms with Crippen LogP contribution in [0.4, 0.5) is 5.69 Å². The number of para-hydroxylation sites is 1. The fourth-order valence-corrected chi connectivity index (χ4v) is 3.64. The van der Waals surface area contributed by atoms with E-state index in [0.29, 0.717) is 33.7 Å². The summed E-state index contributed by atoms with van der Waals surface area (Å²) in [6.45, 7) is 9.13. The first-order valence-electron chi connectivity index (χ1n) is 10.4. The lowest BCUT2D eigenvalue weighted by atomic mass is 9.86. The molecule has 3 aromatic rings. The number of nitrogens with one attached hydrogen (secondary N) is 1. The summed E-state index contributed by atoms with van der Waals surface area (Å²) in [7, 11) is 0. The Balaban J connectivity index is 1.85. The van der Waals surface area contributed by atoms with Crippen molar-refractivity contribution in [3.63, 3.8) is 0 Å². The number of ether oxygens (including phenoxy) is 2. The normalized spacial score (nSPS) is 11.2. The van der Waals surface area contributed by atoms with Gasteiger partial charge in [-0.15, -0.1) is 0 Å². The molecule has 3 rings (SSSR count). The second-order valence-electron chi connectivity index (χ2n) is 8.35. The van der Waals surface area contributed by atoms with Crippen LogP contribution in [0.5, 0.6) is 11.5 Å². The molecule has 1 amide bonds. The molecule has 0 bridgehead atoms. The first kappa shape index (κ1) is 24.0. The average molecular weight is 472 g/mol. The van der Waals surface area contributed by atoms with Crippen molar-refractivity contribution in [3.05, 3.63) is 87.4 Å². The summed E-state index contributed by atoms with van der Waals surface area (Å²) >= 11 is 12.3. The standard InChI is InChI=1S/C26H27Cl2NO3/c1-5-31-22-14-13-17(25(30)29-21-11-8-10-20(27)24(21)28)15-18(22)16-32-23-12-7-6-9-19(23)26(2,3)4/h6-15H,5,16H2,1-4H3,(H,29,30). The Kier molecular flexibility index (Phi) is 7.70. The quantitative estimate of drug-likeness (QED) is 0.387. The number of hydrogen-bond acceptors (Lipinski definition) is 3. The van der Waals surface area contributed by atoms with Crippen LogP contribution >= 0.6 is 23.2 Å². The van der Waals surface area contributed by atoms with Gasteiger partial charge < -0.3 is 14.8 Å². The van der Waals surface area contributed by atoms with Crippen LogP contribution in [0.25, 0.3) is 0 Å². The van der Waals surface area contributed by atoms with Crippen LogP contribution in [0.15, 0.2) is 60.7 Å². The molecule has 0 saturated heterocycles.